The number of pyridine rings is 1. The zero-order chi connectivity index (χ0) is 13.9. The molecular weight excluding hydrogens is 248 g/mol. The third-order valence-electron chi connectivity index (χ3n) is 3.14. The number of rotatable bonds is 2. The van der Waals surface area contributed by atoms with Crippen LogP contribution in [0.2, 0.25) is 0 Å². The van der Waals surface area contributed by atoms with Crippen molar-refractivity contribution in [3.63, 3.8) is 0 Å². The number of fused-ring (bicyclic) bond motifs is 1. The van der Waals surface area contributed by atoms with Gasteiger partial charge in [-0.25, -0.2) is 0 Å². The van der Waals surface area contributed by atoms with Crippen molar-refractivity contribution in [2.45, 2.75) is 0 Å². The fourth-order valence-electron chi connectivity index (χ4n) is 2.13. The van der Waals surface area contributed by atoms with Crippen LogP contribution in [0.3, 0.4) is 0 Å². The average Bonchev–Trinajstić information content (AvgIpc) is 2.50. The summed E-state index contributed by atoms with van der Waals surface area (Å²) in [5, 5.41) is 13.3. The van der Waals surface area contributed by atoms with Crippen molar-refractivity contribution in [3.05, 3.63) is 60.3 Å². The zero-order valence-electron chi connectivity index (χ0n) is 10.7. The van der Waals surface area contributed by atoms with Gasteiger partial charge in [0.1, 0.15) is 6.07 Å². The topological polar surface area (TPSA) is 74.7 Å². The molecule has 4 heteroatoms. The Balaban J connectivity index is 2.09. The van der Waals surface area contributed by atoms with Crippen molar-refractivity contribution in [3.8, 4) is 6.07 Å². The molecule has 0 atom stereocenters. The highest BCUT2D eigenvalue weighted by Crippen LogP contribution is 2.29. The van der Waals surface area contributed by atoms with E-state index in [1.54, 1.807) is 18.3 Å². The molecule has 2 aromatic carbocycles. The molecule has 3 aromatic rings. The summed E-state index contributed by atoms with van der Waals surface area (Å²) in [5.74, 6) is 0. The Kier molecular flexibility index (Phi) is 2.94. The number of hydrogen-bond donors (Lipinski definition) is 2. The van der Waals surface area contributed by atoms with E-state index < -0.39 is 0 Å². The molecule has 1 heterocycles. The van der Waals surface area contributed by atoms with Crippen LogP contribution < -0.4 is 11.1 Å². The summed E-state index contributed by atoms with van der Waals surface area (Å²) in [6.45, 7) is 0. The van der Waals surface area contributed by atoms with E-state index in [2.05, 4.69) is 16.4 Å². The summed E-state index contributed by atoms with van der Waals surface area (Å²) in [6, 6.07) is 17.2. The van der Waals surface area contributed by atoms with Crippen LogP contribution in [0.1, 0.15) is 5.56 Å². The lowest BCUT2D eigenvalue weighted by atomic mass is 10.1. The lowest BCUT2D eigenvalue weighted by Crippen LogP contribution is -1.99. The Bertz CT molecular complexity index is 813. The molecule has 0 aliphatic heterocycles. The van der Waals surface area contributed by atoms with Crippen molar-refractivity contribution < 1.29 is 0 Å². The molecule has 0 aliphatic rings. The second-order valence-corrected chi connectivity index (χ2v) is 4.38. The number of nitriles is 1. The van der Waals surface area contributed by atoms with Crippen LogP contribution in [-0.4, -0.2) is 4.98 Å². The average molecular weight is 260 g/mol. The number of benzene rings is 2. The lowest BCUT2D eigenvalue weighted by Gasteiger charge is -2.12. The van der Waals surface area contributed by atoms with Crippen molar-refractivity contribution >= 4 is 28.0 Å². The maximum absolute atomic E-state index is 9.01. The van der Waals surface area contributed by atoms with Gasteiger partial charge in [-0.2, -0.15) is 5.26 Å². The lowest BCUT2D eigenvalue weighted by molar-refractivity contribution is 1.41. The number of nitrogens with zero attached hydrogens (tertiary/aromatic N) is 2. The number of anilines is 3. The minimum Gasteiger partial charge on any atom is -0.396 e. The molecule has 1 aromatic heterocycles. The molecule has 3 rings (SSSR count). The second kappa shape index (κ2) is 4.90. The van der Waals surface area contributed by atoms with E-state index >= 15 is 0 Å². The van der Waals surface area contributed by atoms with E-state index in [-0.39, 0.29) is 0 Å². The van der Waals surface area contributed by atoms with Gasteiger partial charge in [0.25, 0.3) is 0 Å². The van der Waals surface area contributed by atoms with Crippen LogP contribution in [0.15, 0.2) is 54.7 Å². The Morgan fingerprint density at radius 1 is 1.00 bits per heavy atom. The van der Waals surface area contributed by atoms with Crippen LogP contribution >= 0.6 is 0 Å². The minimum atomic E-state index is 0.455. The van der Waals surface area contributed by atoms with Crippen LogP contribution in [0.5, 0.6) is 0 Å². The normalized spacial score (nSPS) is 10.2. The molecule has 4 nitrogen and oxygen atoms in total. The Hall–Kier alpha value is -3.06. The molecule has 0 saturated heterocycles. The first-order chi connectivity index (χ1) is 9.79. The highest BCUT2D eigenvalue weighted by molar-refractivity contribution is 5.94. The van der Waals surface area contributed by atoms with Gasteiger partial charge < -0.3 is 11.1 Å². The number of para-hydroxylation sites is 1. The smallest absolute Gasteiger partial charge is 0.101 e. The van der Waals surface area contributed by atoms with Gasteiger partial charge in [-0.1, -0.05) is 12.1 Å². The molecule has 0 aliphatic carbocycles. The molecule has 3 N–H and O–H groups in total. The fourth-order valence-corrected chi connectivity index (χ4v) is 2.13. The Morgan fingerprint density at radius 3 is 2.65 bits per heavy atom. The predicted molar refractivity (Wildman–Crippen MR) is 80.6 cm³/mol. The van der Waals surface area contributed by atoms with E-state index in [1.165, 1.54) is 0 Å². The molecular formula is C16H12N4. The van der Waals surface area contributed by atoms with Gasteiger partial charge in [0.15, 0.2) is 0 Å². The summed E-state index contributed by atoms with van der Waals surface area (Å²) < 4.78 is 0. The van der Waals surface area contributed by atoms with Crippen LogP contribution in [0.25, 0.3) is 10.9 Å². The number of nitrogen functional groups attached to an aromatic ring is 1. The first kappa shape index (κ1) is 12.0. The molecule has 0 saturated carbocycles. The Morgan fingerprint density at radius 2 is 1.80 bits per heavy atom. The van der Waals surface area contributed by atoms with Crippen molar-refractivity contribution in [1.29, 1.82) is 5.26 Å². The van der Waals surface area contributed by atoms with Gasteiger partial charge in [-0.05, 0) is 36.4 Å². The van der Waals surface area contributed by atoms with Gasteiger partial charge >= 0.3 is 0 Å². The quantitative estimate of drug-likeness (QED) is 0.692. The number of nitrogens with one attached hydrogen (secondary N) is 1. The van der Waals surface area contributed by atoms with Gasteiger partial charge in [0.05, 0.1) is 22.5 Å². The zero-order valence-corrected chi connectivity index (χ0v) is 10.7. The highest BCUT2D eigenvalue weighted by Gasteiger charge is 2.06. The van der Waals surface area contributed by atoms with Gasteiger partial charge in [0, 0.05) is 17.3 Å². The molecule has 0 amide bonds. The number of hydrogen-bond acceptors (Lipinski definition) is 4. The van der Waals surface area contributed by atoms with E-state index in [0.717, 1.165) is 22.3 Å². The largest absolute Gasteiger partial charge is 0.396 e. The fraction of sp³-hybridized carbons (Fsp3) is 0. The SMILES string of the molecule is N#Cc1cccc(Nc2cccc3ncccc23)c1N. The third-order valence-corrected chi connectivity index (χ3v) is 3.14. The minimum absolute atomic E-state index is 0.455. The van der Waals surface area contributed by atoms with E-state index in [4.69, 9.17) is 11.0 Å². The molecule has 0 bridgehead atoms. The standard InChI is InChI=1S/C16H12N4/c17-10-11-4-1-8-15(16(11)18)20-14-7-2-6-13-12(14)5-3-9-19-13/h1-9,20H,18H2. The van der Waals surface area contributed by atoms with E-state index in [1.807, 2.05) is 36.4 Å². The Labute approximate surface area is 116 Å². The summed E-state index contributed by atoms with van der Waals surface area (Å²) >= 11 is 0. The van der Waals surface area contributed by atoms with Gasteiger partial charge in [-0.15, -0.1) is 0 Å². The van der Waals surface area contributed by atoms with Crippen LogP contribution in [0.4, 0.5) is 17.1 Å². The number of aromatic nitrogens is 1. The maximum Gasteiger partial charge on any atom is 0.101 e. The van der Waals surface area contributed by atoms with E-state index in [9.17, 15) is 0 Å². The first-order valence-electron chi connectivity index (χ1n) is 6.19. The molecule has 0 unspecified atom stereocenters. The molecule has 20 heavy (non-hydrogen) atoms. The summed E-state index contributed by atoms with van der Waals surface area (Å²) in [5.41, 5.74) is 9.45. The van der Waals surface area contributed by atoms with Crippen molar-refractivity contribution in [2.75, 3.05) is 11.1 Å². The summed E-state index contributed by atoms with van der Waals surface area (Å²) in [7, 11) is 0. The number of nitrogens with two attached hydrogens (primary N) is 1. The second-order valence-electron chi connectivity index (χ2n) is 4.38. The monoisotopic (exact) mass is 260 g/mol. The highest BCUT2D eigenvalue weighted by atomic mass is 14.9. The maximum atomic E-state index is 9.01. The van der Waals surface area contributed by atoms with Crippen molar-refractivity contribution in [2.24, 2.45) is 0 Å². The molecule has 96 valence electrons. The van der Waals surface area contributed by atoms with E-state index in [0.29, 0.717) is 11.3 Å². The van der Waals surface area contributed by atoms with Crippen LogP contribution in [-0.2, 0) is 0 Å². The van der Waals surface area contributed by atoms with Gasteiger partial charge in [0.2, 0.25) is 0 Å². The summed E-state index contributed by atoms with van der Waals surface area (Å²) in [6.07, 6.45) is 1.76. The first-order valence-corrected chi connectivity index (χ1v) is 6.19. The van der Waals surface area contributed by atoms with Crippen LogP contribution in [0, 0.1) is 11.3 Å². The van der Waals surface area contributed by atoms with Gasteiger partial charge in [-0.3, -0.25) is 4.98 Å². The van der Waals surface area contributed by atoms with Crippen molar-refractivity contribution in [1.82, 2.24) is 4.98 Å². The molecule has 0 fully saturated rings. The summed E-state index contributed by atoms with van der Waals surface area (Å²) in [4.78, 5) is 4.32. The third kappa shape index (κ3) is 2.02. The predicted octanol–water partition coefficient (Wildman–Crippen LogP) is 3.43. The molecule has 0 spiro atoms. The molecule has 0 radical (unpaired) electrons.